The number of ether oxygens (including phenoxy) is 2. The largest absolute Gasteiger partial charge is 0.498 e. The Morgan fingerprint density at radius 1 is 1.33 bits per heavy atom. The molecule has 4 nitrogen and oxygen atoms in total. The summed E-state index contributed by atoms with van der Waals surface area (Å²) in [6.45, 7) is 8.50. The molecule has 0 aromatic rings. The van der Waals surface area contributed by atoms with Gasteiger partial charge < -0.3 is 14.8 Å². The fourth-order valence-electron chi connectivity index (χ4n) is 1.78. The molecule has 1 amide bonds. The van der Waals surface area contributed by atoms with Crippen LogP contribution < -0.4 is 5.32 Å². The highest BCUT2D eigenvalue weighted by atomic mass is 16.6. The molecule has 0 bridgehead atoms. The highest BCUT2D eigenvalue weighted by molar-refractivity contribution is 5.67. The van der Waals surface area contributed by atoms with Crippen molar-refractivity contribution in [1.82, 2.24) is 5.32 Å². The van der Waals surface area contributed by atoms with Crippen LogP contribution in [0.1, 0.15) is 47.0 Å². The molecule has 1 N–H and O–H groups in total. The van der Waals surface area contributed by atoms with E-state index in [0.717, 1.165) is 30.6 Å². The number of alkyl carbamates (subject to hydrolysis) is 1. The maximum Gasteiger partial charge on any atom is 0.407 e. The second-order valence-corrected chi connectivity index (χ2v) is 5.83. The van der Waals surface area contributed by atoms with E-state index in [-0.39, 0.29) is 6.09 Å². The van der Waals surface area contributed by atoms with Gasteiger partial charge in [-0.25, -0.2) is 4.79 Å². The van der Waals surface area contributed by atoms with Gasteiger partial charge in [0, 0.05) is 18.5 Å². The molecule has 0 aromatic heterocycles. The number of amides is 1. The van der Waals surface area contributed by atoms with Gasteiger partial charge in [-0.1, -0.05) is 5.92 Å². The van der Waals surface area contributed by atoms with Gasteiger partial charge >= 0.3 is 6.09 Å². The number of allylic oxidation sites excluding steroid dienone is 4. The van der Waals surface area contributed by atoms with Crippen molar-refractivity contribution in [2.45, 2.75) is 52.6 Å². The van der Waals surface area contributed by atoms with Gasteiger partial charge in [0.2, 0.25) is 0 Å². The molecular weight excluding hydrogens is 266 g/mol. The third kappa shape index (κ3) is 8.09. The minimum atomic E-state index is -0.459. The molecular formula is C17H25NO3. The van der Waals surface area contributed by atoms with E-state index < -0.39 is 5.60 Å². The zero-order chi connectivity index (χ0) is 15.7. The molecule has 21 heavy (non-hydrogen) atoms. The molecule has 1 aliphatic rings. The normalized spacial score (nSPS) is 14.3. The topological polar surface area (TPSA) is 47.6 Å². The van der Waals surface area contributed by atoms with Crippen molar-refractivity contribution in [2.75, 3.05) is 13.2 Å². The quantitative estimate of drug-likeness (QED) is 0.622. The number of hydrogen-bond donors (Lipinski definition) is 1. The average molecular weight is 291 g/mol. The van der Waals surface area contributed by atoms with E-state index in [4.69, 9.17) is 9.47 Å². The molecule has 0 saturated heterocycles. The maximum atomic E-state index is 11.4. The van der Waals surface area contributed by atoms with Gasteiger partial charge in [-0.05, 0) is 52.7 Å². The van der Waals surface area contributed by atoms with Crippen LogP contribution in [0.2, 0.25) is 0 Å². The first kappa shape index (κ1) is 17.2. The number of rotatable bonds is 5. The summed E-state index contributed by atoms with van der Waals surface area (Å²) in [4.78, 5) is 11.4. The molecule has 0 spiro atoms. The van der Waals surface area contributed by atoms with Gasteiger partial charge in [0.25, 0.3) is 0 Å². The summed E-state index contributed by atoms with van der Waals surface area (Å²) in [6.07, 6.45) is 6.17. The number of hydrogen-bond acceptors (Lipinski definition) is 3. The summed E-state index contributed by atoms with van der Waals surface area (Å²) in [5, 5.41) is 2.71. The van der Waals surface area contributed by atoms with E-state index in [1.165, 1.54) is 0 Å². The van der Waals surface area contributed by atoms with Gasteiger partial charge in [0.15, 0.2) is 0 Å². The second-order valence-electron chi connectivity index (χ2n) is 5.83. The van der Waals surface area contributed by atoms with Gasteiger partial charge in [-0.3, -0.25) is 0 Å². The first-order valence-corrected chi connectivity index (χ1v) is 7.33. The Balaban J connectivity index is 2.15. The zero-order valence-corrected chi connectivity index (χ0v) is 13.4. The first-order chi connectivity index (χ1) is 9.90. The highest BCUT2D eigenvalue weighted by Gasteiger charge is 2.15. The van der Waals surface area contributed by atoms with Crippen LogP contribution in [0.4, 0.5) is 4.79 Å². The Hall–Kier alpha value is -1.89. The Morgan fingerprint density at radius 2 is 2.10 bits per heavy atom. The molecule has 0 aromatic carbocycles. The molecule has 0 atom stereocenters. The van der Waals surface area contributed by atoms with Crippen LogP contribution in [-0.2, 0) is 9.47 Å². The van der Waals surface area contributed by atoms with Crippen LogP contribution >= 0.6 is 0 Å². The van der Waals surface area contributed by atoms with E-state index in [1.807, 2.05) is 39.8 Å². The summed E-state index contributed by atoms with van der Waals surface area (Å²) in [5.41, 5.74) is 0.690. The smallest absolute Gasteiger partial charge is 0.407 e. The predicted molar refractivity (Wildman–Crippen MR) is 83.7 cm³/mol. The number of nitrogens with one attached hydrogen (secondary N) is 1. The van der Waals surface area contributed by atoms with Crippen LogP contribution in [0.5, 0.6) is 0 Å². The first-order valence-electron chi connectivity index (χ1n) is 7.33. The minimum Gasteiger partial charge on any atom is -0.498 e. The van der Waals surface area contributed by atoms with Crippen LogP contribution in [-0.4, -0.2) is 24.8 Å². The minimum absolute atomic E-state index is 0.384. The van der Waals surface area contributed by atoms with Gasteiger partial charge in [-0.15, -0.1) is 5.92 Å². The third-order valence-electron chi connectivity index (χ3n) is 2.67. The highest BCUT2D eigenvalue weighted by Crippen LogP contribution is 2.18. The standard InChI is InChI=1S/C17H25NO3/c1-5-7-14-8-10-15(11-9-14)20-13-6-12-18-16(19)21-17(2,3)4/h8,10H,6,9,11-13H2,1-4H3,(H,18,19). The van der Waals surface area contributed by atoms with Crippen LogP contribution in [0.25, 0.3) is 0 Å². The van der Waals surface area contributed by atoms with Crippen molar-refractivity contribution in [3.05, 3.63) is 23.5 Å². The Morgan fingerprint density at radius 3 is 2.67 bits per heavy atom. The van der Waals surface area contributed by atoms with E-state index in [2.05, 4.69) is 17.2 Å². The fraction of sp³-hybridized carbons (Fsp3) is 0.588. The predicted octanol–water partition coefficient (Wildman–Crippen LogP) is 3.55. The van der Waals surface area contributed by atoms with Crippen molar-refractivity contribution in [3.63, 3.8) is 0 Å². The Kier molecular flexibility index (Phi) is 6.87. The molecule has 0 radical (unpaired) electrons. The molecule has 116 valence electrons. The van der Waals surface area contributed by atoms with Gasteiger partial charge in [0.1, 0.15) is 5.60 Å². The zero-order valence-electron chi connectivity index (χ0n) is 13.4. The molecule has 4 heteroatoms. The summed E-state index contributed by atoms with van der Waals surface area (Å²) in [6, 6.07) is 0. The summed E-state index contributed by atoms with van der Waals surface area (Å²) in [7, 11) is 0. The average Bonchev–Trinajstić information content (AvgIpc) is 2.38. The van der Waals surface area contributed by atoms with E-state index in [1.54, 1.807) is 0 Å². The van der Waals surface area contributed by atoms with Crippen molar-refractivity contribution >= 4 is 6.09 Å². The second kappa shape index (κ2) is 8.41. The Labute approximate surface area is 127 Å². The molecule has 1 rings (SSSR count). The van der Waals surface area contributed by atoms with E-state index in [0.29, 0.717) is 13.2 Å². The lowest BCUT2D eigenvalue weighted by Crippen LogP contribution is -2.33. The van der Waals surface area contributed by atoms with Gasteiger partial charge in [0.05, 0.1) is 12.4 Å². The molecule has 0 saturated carbocycles. The lowest BCUT2D eigenvalue weighted by molar-refractivity contribution is 0.0523. The van der Waals surface area contributed by atoms with Crippen molar-refractivity contribution in [2.24, 2.45) is 0 Å². The summed E-state index contributed by atoms with van der Waals surface area (Å²) >= 11 is 0. The van der Waals surface area contributed by atoms with E-state index in [9.17, 15) is 4.79 Å². The lowest BCUT2D eigenvalue weighted by Gasteiger charge is -2.19. The molecule has 1 aliphatic carbocycles. The molecule has 0 heterocycles. The SMILES string of the molecule is CC#CC1=CC=C(OCCCNC(=O)OC(C)(C)C)CC1. The fourth-order valence-corrected chi connectivity index (χ4v) is 1.78. The summed E-state index contributed by atoms with van der Waals surface area (Å²) < 4.78 is 10.8. The molecule has 0 aliphatic heterocycles. The Bertz CT molecular complexity index is 472. The summed E-state index contributed by atoms with van der Waals surface area (Å²) in [5.74, 6) is 6.94. The van der Waals surface area contributed by atoms with Crippen LogP contribution in [0, 0.1) is 11.8 Å². The monoisotopic (exact) mass is 291 g/mol. The van der Waals surface area contributed by atoms with Crippen LogP contribution in [0.15, 0.2) is 23.5 Å². The van der Waals surface area contributed by atoms with E-state index >= 15 is 0 Å². The van der Waals surface area contributed by atoms with Crippen molar-refractivity contribution in [1.29, 1.82) is 0 Å². The maximum absolute atomic E-state index is 11.4. The lowest BCUT2D eigenvalue weighted by atomic mass is 10.0. The number of carbonyl (C=O) groups is 1. The third-order valence-corrected chi connectivity index (χ3v) is 2.67. The van der Waals surface area contributed by atoms with Crippen molar-refractivity contribution < 1.29 is 14.3 Å². The molecule has 0 fully saturated rings. The van der Waals surface area contributed by atoms with Crippen molar-refractivity contribution in [3.8, 4) is 11.8 Å². The number of carbonyl (C=O) groups excluding carboxylic acids is 1. The van der Waals surface area contributed by atoms with Gasteiger partial charge in [-0.2, -0.15) is 0 Å². The van der Waals surface area contributed by atoms with Crippen LogP contribution in [0.3, 0.4) is 0 Å². The molecule has 0 unspecified atom stereocenters.